The van der Waals surface area contributed by atoms with Gasteiger partial charge in [0.1, 0.15) is 0 Å². The molecule has 0 saturated heterocycles. The molecule has 0 saturated carbocycles. The second-order valence-corrected chi connectivity index (χ2v) is 3.30. The molecule has 14 heavy (non-hydrogen) atoms. The standard InChI is InChI=1S/C12H20O2/c1-2-3-4-5-6-7-8-9-10-11-12(13)14/h7-10H,2-6,11H2,1H3,(H,13,14). The predicted molar refractivity (Wildman–Crippen MR) is 59.3 cm³/mol. The van der Waals surface area contributed by atoms with Crippen molar-refractivity contribution in [3.8, 4) is 0 Å². The van der Waals surface area contributed by atoms with E-state index in [0.29, 0.717) is 0 Å². The summed E-state index contributed by atoms with van der Waals surface area (Å²) >= 11 is 0. The molecule has 0 radical (unpaired) electrons. The van der Waals surface area contributed by atoms with Crippen LogP contribution in [0, 0.1) is 0 Å². The molecule has 1 N–H and O–H groups in total. The van der Waals surface area contributed by atoms with Crippen molar-refractivity contribution >= 4 is 5.97 Å². The number of carboxylic acids is 1. The first-order valence-corrected chi connectivity index (χ1v) is 5.30. The molecule has 0 amide bonds. The largest absolute Gasteiger partial charge is 0.481 e. The summed E-state index contributed by atoms with van der Waals surface area (Å²) in [6.07, 6.45) is 13.8. The zero-order chi connectivity index (χ0) is 10.6. The lowest BCUT2D eigenvalue weighted by Gasteiger charge is -1.92. The van der Waals surface area contributed by atoms with Gasteiger partial charge in [0.05, 0.1) is 6.42 Å². The van der Waals surface area contributed by atoms with Gasteiger partial charge >= 0.3 is 5.97 Å². The maximum atomic E-state index is 10.1. The van der Waals surface area contributed by atoms with Gasteiger partial charge in [-0.05, 0) is 12.8 Å². The van der Waals surface area contributed by atoms with Crippen molar-refractivity contribution in [3.05, 3.63) is 24.3 Å². The fourth-order valence-electron chi connectivity index (χ4n) is 1.11. The third kappa shape index (κ3) is 11.0. The first kappa shape index (κ1) is 12.9. The molecule has 0 atom stereocenters. The monoisotopic (exact) mass is 196 g/mol. The molecule has 0 aliphatic carbocycles. The van der Waals surface area contributed by atoms with Crippen LogP contribution in [0.2, 0.25) is 0 Å². The topological polar surface area (TPSA) is 37.3 Å². The average molecular weight is 196 g/mol. The van der Waals surface area contributed by atoms with Gasteiger partial charge in [-0.1, -0.05) is 50.5 Å². The van der Waals surface area contributed by atoms with Gasteiger partial charge in [-0.25, -0.2) is 0 Å². The minimum Gasteiger partial charge on any atom is -0.481 e. The fraction of sp³-hybridized carbons (Fsp3) is 0.583. The van der Waals surface area contributed by atoms with Crippen LogP contribution in [0.5, 0.6) is 0 Å². The van der Waals surface area contributed by atoms with Crippen LogP contribution in [0.4, 0.5) is 0 Å². The number of allylic oxidation sites excluding steroid dienone is 3. The van der Waals surface area contributed by atoms with E-state index in [-0.39, 0.29) is 6.42 Å². The number of hydrogen-bond donors (Lipinski definition) is 1. The fourth-order valence-corrected chi connectivity index (χ4v) is 1.11. The Balaban J connectivity index is 3.26. The van der Waals surface area contributed by atoms with E-state index in [9.17, 15) is 4.79 Å². The van der Waals surface area contributed by atoms with Crippen LogP contribution < -0.4 is 0 Å². The van der Waals surface area contributed by atoms with Crippen LogP contribution in [0.3, 0.4) is 0 Å². The van der Waals surface area contributed by atoms with Crippen molar-refractivity contribution in [3.63, 3.8) is 0 Å². The number of carbonyl (C=O) groups is 1. The smallest absolute Gasteiger partial charge is 0.307 e. The molecule has 0 aliphatic rings. The van der Waals surface area contributed by atoms with E-state index in [4.69, 9.17) is 5.11 Å². The summed E-state index contributed by atoms with van der Waals surface area (Å²) in [6.45, 7) is 2.20. The molecule has 0 bridgehead atoms. The highest BCUT2D eigenvalue weighted by Gasteiger charge is 1.87. The lowest BCUT2D eigenvalue weighted by Crippen LogP contribution is -1.89. The molecule has 0 aromatic heterocycles. The van der Waals surface area contributed by atoms with Crippen molar-refractivity contribution in [2.45, 2.75) is 45.4 Å². The van der Waals surface area contributed by atoms with Gasteiger partial charge in [-0.2, -0.15) is 0 Å². The Morgan fingerprint density at radius 3 is 2.50 bits per heavy atom. The molecule has 0 unspecified atom stereocenters. The summed E-state index contributed by atoms with van der Waals surface area (Å²) in [4.78, 5) is 10.1. The van der Waals surface area contributed by atoms with Gasteiger partial charge in [-0.15, -0.1) is 0 Å². The third-order valence-corrected chi connectivity index (χ3v) is 1.90. The Kier molecular flexibility index (Phi) is 9.28. The highest BCUT2D eigenvalue weighted by atomic mass is 16.4. The summed E-state index contributed by atoms with van der Waals surface area (Å²) < 4.78 is 0. The maximum absolute atomic E-state index is 10.1. The Bertz CT molecular complexity index is 192. The van der Waals surface area contributed by atoms with Crippen LogP contribution >= 0.6 is 0 Å². The second-order valence-electron chi connectivity index (χ2n) is 3.30. The minimum absolute atomic E-state index is 0.111. The molecule has 0 spiro atoms. The van der Waals surface area contributed by atoms with Crippen molar-refractivity contribution in [1.29, 1.82) is 0 Å². The summed E-state index contributed by atoms with van der Waals surface area (Å²) in [5.74, 6) is -0.780. The average Bonchev–Trinajstić information content (AvgIpc) is 2.15. The molecular formula is C12H20O2. The van der Waals surface area contributed by atoms with E-state index in [0.717, 1.165) is 6.42 Å². The van der Waals surface area contributed by atoms with E-state index < -0.39 is 5.97 Å². The quantitative estimate of drug-likeness (QED) is 0.476. The van der Waals surface area contributed by atoms with Crippen molar-refractivity contribution in [1.82, 2.24) is 0 Å². The highest BCUT2D eigenvalue weighted by molar-refractivity contribution is 5.68. The van der Waals surface area contributed by atoms with E-state index in [1.165, 1.54) is 25.7 Å². The van der Waals surface area contributed by atoms with Gasteiger partial charge < -0.3 is 5.11 Å². The Labute approximate surface area is 86.3 Å². The normalized spacial score (nSPS) is 11.5. The van der Waals surface area contributed by atoms with Crippen LogP contribution in [0.25, 0.3) is 0 Å². The number of hydrogen-bond acceptors (Lipinski definition) is 1. The van der Waals surface area contributed by atoms with Crippen molar-refractivity contribution < 1.29 is 9.90 Å². The highest BCUT2D eigenvalue weighted by Crippen LogP contribution is 2.02. The van der Waals surface area contributed by atoms with E-state index in [1.54, 1.807) is 12.2 Å². The van der Waals surface area contributed by atoms with Gasteiger partial charge in [0.15, 0.2) is 0 Å². The molecule has 0 heterocycles. The number of rotatable bonds is 8. The molecule has 0 fully saturated rings. The van der Waals surface area contributed by atoms with Gasteiger partial charge in [0.25, 0.3) is 0 Å². The molecule has 2 heteroatoms. The van der Waals surface area contributed by atoms with Crippen LogP contribution in [-0.4, -0.2) is 11.1 Å². The van der Waals surface area contributed by atoms with Crippen LogP contribution in [0.15, 0.2) is 24.3 Å². The summed E-state index contributed by atoms with van der Waals surface area (Å²) in [5, 5.41) is 8.34. The Morgan fingerprint density at radius 1 is 1.14 bits per heavy atom. The summed E-state index contributed by atoms with van der Waals surface area (Å²) in [6, 6.07) is 0. The molecule has 0 aromatic carbocycles. The number of aliphatic carboxylic acids is 1. The first-order chi connectivity index (χ1) is 6.77. The lowest BCUT2D eigenvalue weighted by molar-refractivity contribution is -0.135. The SMILES string of the molecule is CCCCCCC=CC=CCC(=O)O. The first-order valence-electron chi connectivity index (χ1n) is 5.30. The summed E-state index contributed by atoms with van der Waals surface area (Å²) in [5.41, 5.74) is 0. The molecule has 0 aliphatic heterocycles. The van der Waals surface area contributed by atoms with E-state index in [1.807, 2.05) is 6.08 Å². The molecular weight excluding hydrogens is 176 g/mol. The van der Waals surface area contributed by atoms with Crippen molar-refractivity contribution in [2.24, 2.45) is 0 Å². The zero-order valence-electron chi connectivity index (χ0n) is 8.91. The molecule has 80 valence electrons. The van der Waals surface area contributed by atoms with E-state index >= 15 is 0 Å². The summed E-state index contributed by atoms with van der Waals surface area (Å²) in [7, 11) is 0. The second kappa shape index (κ2) is 10.0. The van der Waals surface area contributed by atoms with Crippen LogP contribution in [-0.2, 0) is 4.79 Å². The number of unbranched alkanes of at least 4 members (excludes halogenated alkanes) is 4. The predicted octanol–water partition coefficient (Wildman–Crippen LogP) is 3.54. The maximum Gasteiger partial charge on any atom is 0.307 e. The van der Waals surface area contributed by atoms with Crippen molar-refractivity contribution in [2.75, 3.05) is 0 Å². The molecule has 0 rings (SSSR count). The molecule has 0 aromatic rings. The molecule has 2 nitrogen and oxygen atoms in total. The minimum atomic E-state index is -0.780. The Morgan fingerprint density at radius 2 is 1.86 bits per heavy atom. The Hall–Kier alpha value is -1.05. The zero-order valence-corrected chi connectivity index (χ0v) is 8.91. The van der Waals surface area contributed by atoms with Crippen LogP contribution in [0.1, 0.15) is 45.4 Å². The van der Waals surface area contributed by atoms with Gasteiger partial charge in [-0.3, -0.25) is 4.79 Å². The third-order valence-electron chi connectivity index (χ3n) is 1.90. The number of carboxylic acid groups (broad SMARTS) is 1. The van der Waals surface area contributed by atoms with E-state index in [2.05, 4.69) is 13.0 Å². The van der Waals surface area contributed by atoms with Gasteiger partial charge in [0, 0.05) is 0 Å². The lowest BCUT2D eigenvalue weighted by atomic mass is 10.1. The van der Waals surface area contributed by atoms with Gasteiger partial charge in [0.2, 0.25) is 0 Å².